The fraction of sp³-hybridized carbons (Fsp3) is 0.444. The number of hydrogen-bond donors (Lipinski definition) is 2. The van der Waals surface area contributed by atoms with E-state index in [-0.39, 0.29) is 24.0 Å². The van der Waals surface area contributed by atoms with Gasteiger partial charge in [0.15, 0.2) is 0 Å². The molecule has 1 aromatic carbocycles. The number of benzene rings is 1. The number of hydrazine groups is 1. The van der Waals surface area contributed by atoms with Gasteiger partial charge in [0.2, 0.25) is 0 Å². The van der Waals surface area contributed by atoms with Gasteiger partial charge in [-0.2, -0.15) is 5.10 Å². The third kappa shape index (κ3) is 3.66. The van der Waals surface area contributed by atoms with E-state index in [1.54, 1.807) is 11.1 Å². The summed E-state index contributed by atoms with van der Waals surface area (Å²) in [4.78, 5) is 14.3. The van der Waals surface area contributed by atoms with Gasteiger partial charge in [0.25, 0.3) is 5.91 Å². The number of hydrogen-bond acceptors (Lipinski definition) is 4. The van der Waals surface area contributed by atoms with Crippen molar-refractivity contribution in [3.8, 4) is 0 Å². The average molecular weight is 327 g/mol. The van der Waals surface area contributed by atoms with Gasteiger partial charge in [0, 0.05) is 37.9 Å². The van der Waals surface area contributed by atoms with Crippen LogP contribution in [0.25, 0.3) is 0 Å². The van der Waals surface area contributed by atoms with Gasteiger partial charge in [-0.25, -0.2) is 5.43 Å². The van der Waals surface area contributed by atoms with Crippen LogP contribution in [0.4, 0.5) is 0 Å². The molecular weight excluding hydrogens is 302 g/mol. The number of nitrogens with one attached hydrogen (secondary N) is 2. The molecule has 0 radical (unpaired) electrons. The Balaban J connectivity index is 1.57. The van der Waals surface area contributed by atoms with Crippen LogP contribution in [0.5, 0.6) is 0 Å². The Labute approximate surface area is 142 Å². The van der Waals surface area contributed by atoms with Gasteiger partial charge in [-0.3, -0.25) is 14.9 Å². The van der Waals surface area contributed by atoms with Gasteiger partial charge in [-0.05, 0) is 25.8 Å². The first kappa shape index (κ1) is 16.7. The molecule has 1 aliphatic heterocycles. The molecule has 1 saturated heterocycles. The fourth-order valence-electron chi connectivity index (χ4n) is 3.01. The van der Waals surface area contributed by atoms with Gasteiger partial charge >= 0.3 is 0 Å². The fourth-order valence-corrected chi connectivity index (χ4v) is 3.01. The molecule has 2 unspecified atom stereocenters. The van der Waals surface area contributed by atoms with E-state index in [4.69, 9.17) is 0 Å². The Morgan fingerprint density at radius 3 is 2.75 bits per heavy atom. The second-order valence-corrected chi connectivity index (χ2v) is 6.67. The summed E-state index contributed by atoms with van der Waals surface area (Å²) in [6, 6.07) is 11.1. The largest absolute Gasteiger partial charge is 0.340 e. The minimum absolute atomic E-state index is 0.00635. The SMILES string of the molecule is CC(C)n1cc(C(=O)N(C)CC2CC(c3ccccc3)NN2)cn1. The van der Waals surface area contributed by atoms with E-state index in [0.717, 1.165) is 6.42 Å². The number of likely N-dealkylation sites (N-methyl/N-ethyl adjacent to an activating group) is 1. The van der Waals surface area contributed by atoms with Gasteiger partial charge in [0.05, 0.1) is 11.8 Å². The van der Waals surface area contributed by atoms with Crippen LogP contribution < -0.4 is 10.9 Å². The van der Waals surface area contributed by atoms with E-state index in [1.165, 1.54) is 5.56 Å². The summed E-state index contributed by atoms with van der Waals surface area (Å²) < 4.78 is 1.81. The zero-order chi connectivity index (χ0) is 17.1. The van der Waals surface area contributed by atoms with Crippen LogP contribution >= 0.6 is 0 Å². The first-order valence-corrected chi connectivity index (χ1v) is 8.40. The number of carbonyl (C=O) groups is 1. The lowest BCUT2D eigenvalue weighted by atomic mass is 10.0. The molecule has 3 rings (SSSR count). The molecule has 2 heterocycles. The van der Waals surface area contributed by atoms with E-state index in [0.29, 0.717) is 12.1 Å². The van der Waals surface area contributed by atoms with Crippen molar-refractivity contribution in [2.75, 3.05) is 13.6 Å². The van der Waals surface area contributed by atoms with Crippen molar-refractivity contribution in [3.63, 3.8) is 0 Å². The van der Waals surface area contributed by atoms with Gasteiger partial charge in [0.1, 0.15) is 0 Å². The Kier molecular flexibility index (Phi) is 4.97. The Morgan fingerprint density at radius 1 is 1.33 bits per heavy atom. The van der Waals surface area contributed by atoms with Gasteiger partial charge in [-0.1, -0.05) is 30.3 Å². The summed E-state index contributed by atoms with van der Waals surface area (Å²) >= 11 is 0. The predicted molar refractivity (Wildman–Crippen MR) is 93.4 cm³/mol. The first-order valence-electron chi connectivity index (χ1n) is 8.40. The molecule has 0 spiro atoms. The second-order valence-electron chi connectivity index (χ2n) is 6.67. The molecule has 128 valence electrons. The monoisotopic (exact) mass is 327 g/mol. The number of nitrogens with zero attached hydrogens (tertiary/aromatic N) is 3. The van der Waals surface area contributed by atoms with Crippen LogP contribution in [0, 0.1) is 0 Å². The van der Waals surface area contributed by atoms with E-state index < -0.39 is 0 Å². The molecule has 0 saturated carbocycles. The number of carbonyl (C=O) groups excluding carboxylic acids is 1. The molecule has 6 nitrogen and oxygen atoms in total. The Morgan fingerprint density at radius 2 is 2.08 bits per heavy atom. The number of rotatable bonds is 5. The highest BCUT2D eigenvalue weighted by atomic mass is 16.2. The second kappa shape index (κ2) is 7.15. The molecule has 1 fully saturated rings. The van der Waals surface area contributed by atoms with Gasteiger partial charge in [-0.15, -0.1) is 0 Å². The molecule has 1 amide bonds. The lowest BCUT2D eigenvalue weighted by Gasteiger charge is -2.20. The van der Waals surface area contributed by atoms with Crippen molar-refractivity contribution >= 4 is 5.91 Å². The lowest BCUT2D eigenvalue weighted by molar-refractivity contribution is 0.0782. The van der Waals surface area contributed by atoms with Crippen molar-refractivity contribution in [1.29, 1.82) is 0 Å². The Hall–Kier alpha value is -2.18. The summed E-state index contributed by atoms with van der Waals surface area (Å²) in [5.41, 5.74) is 8.52. The highest BCUT2D eigenvalue weighted by molar-refractivity contribution is 5.93. The molecule has 1 aliphatic rings. The van der Waals surface area contributed by atoms with Crippen molar-refractivity contribution in [3.05, 3.63) is 53.9 Å². The summed E-state index contributed by atoms with van der Waals surface area (Å²) in [7, 11) is 1.84. The van der Waals surface area contributed by atoms with Crippen LogP contribution in [0.1, 0.15) is 48.3 Å². The minimum atomic E-state index is 0.00635. The van der Waals surface area contributed by atoms with E-state index in [9.17, 15) is 4.79 Å². The predicted octanol–water partition coefficient (Wildman–Crippen LogP) is 2.14. The van der Waals surface area contributed by atoms with Crippen molar-refractivity contribution in [2.24, 2.45) is 0 Å². The molecular formula is C18H25N5O. The molecule has 2 N–H and O–H groups in total. The van der Waals surface area contributed by atoms with Crippen molar-refractivity contribution < 1.29 is 4.79 Å². The highest BCUT2D eigenvalue weighted by Gasteiger charge is 2.27. The zero-order valence-electron chi connectivity index (χ0n) is 14.4. The summed E-state index contributed by atoms with van der Waals surface area (Å²) in [5.74, 6) is 0.00635. The van der Waals surface area contributed by atoms with Crippen molar-refractivity contribution in [2.45, 2.75) is 38.4 Å². The summed E-state index contributed by atoms with van der Waals surface area (Å²) in [6.45, 7) is 4.74. The molecule has 24 heavy (non-hydrogen) atoms. The summed E-state index contributed by atoms with van der Waals surface area (Å²) in [5, 5.41) is 4.24. The van der Waals surface area contributed by atoms with Gasteiger partial charge < -0.3 is 4.90 Å². The maximum absolute atomic E-state index is 12.5. The number of amides is 1. The summed E-state index contributed by atoms with van der Waals surface area (Å²) in [6.07, 6.45) is 4.41. The van der Waals surface area contributed by atoms with Crippen LogP contribution in [0.3, 0.4) is 0 Å². The van der Waals surface area contributed by atoms with E-state index >= 15 is 0 Å². The van der Waals surface area contributed by atoms with Crippen LogP contribution in [-0.4, -0.2) is 40.2 Å². The average Bonchev–Trinajstić information content (AvgIpc) is 3.24. The maximum Gasteiger partial charge on any atom is 0.256 e. The smallest absolute Gasteiger partial charge is 0.256 e. The van der Waals surface area contributed by atoms with E-state index in [2.05, 4.69) is 28.1 Å². The normalized spacial score (nSPS) is 20.5. The van der Waals surface area contributed by atoms with Crippen LogP contribution in [0.15, 0.2) is 42.7 Å². The molecule has 6 heteroatoms. The highest BCUT2D eigenvalue weighted by Crippen LogP contribution is 2.22. The first-order chi connectivity index (χ1) is 11.5. The number of aromatic nitrogens is 2. The topological polar surface area (TPSA) is 62.2 Å². The molecule has 2 atom stereocenters. The third-order valence-corrected chi connectivity index (χ3v) is 4.40. The molecule has 0 bridgehead atoms. The molecule has 2 aromatic rings. The quantitative estimate of drug-likeness (QED) is 0.883. The van der Waals surface area contributed by atoms with E-state index in [1.807, 2.05) is 50.0 Å². The zero-order valence-corrected chi connectivity index (χ0v) is 14.4. The lowest BCUT2D eigenvalue weighted by Crippen LogP contribution is -2.41. The van der Waals surface area contributed by atoms with Crippen LogP contribution in [-0.2, 0) is 0 Å². The third-order valence-electron chi connectivity index (χ3n) is 4.40. The minimum Gasteiger partial charge on any atom is -0.340 e. The molecule has 0 aliphatic carbocycles. The van der Waals surface area contributed by atoms with Crippen LogP contribution in [0.2, 0.25) is 0 Å². The maximum atomic E-state index is 12.5. The standard InChI is InChI=1S/C18H25N5O/c1-13(2)23-11-15(10-19-23)18(24)22(3)12-16-9-17(21-20-16)14-7-5-4-6-8-14/h4-8,10-11,13,16-17,20-21H,9,12H2,1-3H3. The van der Waals surface area contributed by atoms with Crippen molar-refractivity contribution in [1.82, 2.24) is 25.5 Å². The Bertz CT molecular complexity index is 682. The molecule has 1 aromatic heterocycles.